The second-order valence-electron chi connectivity index (χ2n) is 1.92. The Hall–Kier alpha value is -0.300. The van der Waals surface area contributed by atoms with E-state index < -0.39 is 0 Å². The van der Waals surface area contributed by atoms with Crippen LogP contribution >= 0.6 is 0 Å². The lowest BCUT2D eigenvalue weighted by molar-refractivity contribution is 0.136. The molecule has 0 bridgehead atoms. The minimum Gasteiger partial charge on any atom is -0.370 e. The van der Waals surface area contributed by atoms with Crippen LogP contribution in [-0.4, -0.2) is 12.7 Å². The molecule has 0 N–H and O–H groups in total. The highest BCUT2D eigenvalue weighted by atomic mass is 16.5. The van der Waals surface area contributed by atoms with Crippen LogP contribution in [0.4, 0.5) is 0 Å². The average molecular weight is 98.1 g/mol. The summed E-state index contributed by atoms with van der Waals surface area (Å²) in [6.07, 6.45) is 2.49. The van der Waals surface area contributed by atoms with Gasteiger partial charge in [-0.1, -0.05) is 6.08 Å². The number of ether oxygens (including phenoxy) is 1. The summed E-state index contributed by atoms with van der Waals surface area (Å²) in [7, 11) is 0. The van der Waals surface area contributed by atoms with Crippen molar-refractivity contribution in [3.63, 3.8) is 0 Å². The fourth-order valence-corrected chi connectivity index (χ4v) is 0.621. The Balaban J connectivity index is 2.54. The zero-order valence-electron chi connectivity index (χ0n) is 4.77. The molecule has 1 aliphatic rings. The molecule has 1 aliphatic heterocycles. The summed E-state index contributed by atoms with van der Waals surface area (Å²) < 4.78 is 5.17. The van der Waals surface area contributed by atoms with E-state index in [1.807, 2.05) is 0 Å². The van der Waals surface area contributed by atoms with Crippen LogP contribution < -0.4 is 0 Å². The van der Waals surface area contributed by atoms with Crippen LogP contribution in [0.3, 0.4) is 0 Å². The molecule has 1 heteroatoms. The highest BCUT2D eigenvalue weighted by molar-refractivity contribution is 5.07. The van der Waals surface area contributed by atoms with E-state index in [2.05, 4.69) is 19.9 Å². The third kappa shape index (κ3) is 0.829. The van der Waals surface area contributed by atoms with Crippen molar-refractivity contribution in [2.24, 2.45) is 0 Å². The van der Waals surface area contributed by atoms with Crippen LogP contribution in [0.15, 0.2) is 11.6 Å². The maximum atomic E-state index is 5.17. The lowest BCUT2D eigenvalue weighted by atomic mass is 10.2. The van der Waals surface area contributed by atoms with Crippen LogP contribution in [0.2, 0.25) is 0 Å². The van der Waals surface area contributed by atoms with E-state index in [1.54, 1.807) is 0 Å². The third-order valence-electron chi connectivity index (χ3n) is 1.39. The molecule has 1 atom stereocenters. The molecular weight excluding hydrogens is 88.1 g/mol. The van der Waals surface area contributed by atoms with Gasteiger partial charge in [-0.15, -0.1) is 0 Å². The van der Waals surface area contributed by atoms with Crippen molar-refractivity contribution >= 4 is 0 Å². The van der Waals surface area contributed by atoms with Gasteiger partial charge in [0.25, 0.3) is 0 Å². The molecule has 0 aromatic rings. The normalized spacial score (nSPS) is 30.6. The van der Waals surface area contributed by atoms with Crippen molar-refractivity contribution in [2.45, 2.75) is 20.0 Å². The molecule has 0 fully saturated rings. The molecule has 7 heavy (non-hydrogen) atoms. The van der Waals surface area contributed by atoms with E-state index in [0.717, 1.165) is 6.61 Å². The number of rotatable bonds is 0. The molecule has 0 saturated carbocycles. The zero-order valence-corrected chi connectivity index (χ0v) is 4.77. The van der Waals surface area contributed by atoms with E-state index in [0.29, 0.717) is 6.10 Å². The van der Waals surface area contributed by atoms with Gasteiger partial charge >= 0.3 is 0 Å². The van der Waals surface area contributed by atoms with Crippen LogP contribution in [0.1, 0.15) is 13.8 Å². The molecule has 1 rings (SSSR count). The molecule has 0 aliphatic carbocycles. The summed E-state index contributed by atoms with van der Waals surface area (Å²) in [5.41, 5.74) is 1.36. The standard InChI is InChI=1S/C6H10O/c1-5-3-4-7-6(5)2/h3,6H,4H2,1-2H3. The molecule has 0 saturated heterocycles. The zero-order chi connectivity index (χ0) is 5.28. The van der Waals surface area contributed by atoms with Gasteiger partial charge in [-0.3, -0.25) is 0 Å². The van der Waals surface area contributed by atoms with Crippen molar-refractivity contribution in [3.8, 4) is 0 Å². The summed E-state index contributed by atoms with van der Waals surface area (Å²) in [5.74, 6) is 0. The maximum Gasteiger partial charge on any atom is 0.0759 e. The molecule has 0 spiro atoms. The maximum absolute atomic E-state index is 5.17. The van der Waals surface area contributed by atoms with Gasteiger partial charge in [0.1, 0.15) is 0 Å². The minimum atomic E-state index is 0.375. The van der Waals surface area contributed by atoms with Crippen molar-refractivity contribution in [3.05, 3.63) is 11.6 Å². The first-order chi connectivity index (χ1) is 3.30. The lowest BCUT2D eigenvalue weighted by Crippen LogP contribution is -2.00. The van der Waals surface area contributed by atoms with Crippen molar-refractivity contribution in [2.75, 3.05) is 6.61 Å². The third-order valence-corrected chi connectivity index (χ3v) is 1.39. The average Bonchev–Trinajstić information content (AvgIpc) is 1.91. The molecule has 0 amide bonds. The Morgan fingerprint density at radius 2 is 2.57 bits per heavy atom. The van der Waals surface area contributed by atoms with Crippen LogP contribution in [-0.2, 0) is 4.74 Å². The van der Waals surface area contributed by atoms with E-state index in [-0.39, 0.29) is 0 Å². The second-order valence-corrected chi connectivity index (χ2v) is 1.92. The molecule has 1 unspecified atom stereocenters. The van der Waals surface area contributed by atoms with E-state index >= 15 is 0 Å². The van der Waals surface area contributed by atoms with Gasteiger partial charge in [0.05, 0.1) is 12.7 Å². The lowest BCUT2D eigenvalue weighted by Gasteiger charge is -2.00. The van der Waals surface area contributed by atoms with Gasteiger partial charge in [-0.25, -0.2) is 0 Å². The largest absolute Gasteiger partial charge is 0.370 e. The molecule has 1 heterocycles. The van der Waals surface area contributed by atoms with Crippen LogP contribution in [0, 0.1) is 0 Å². The number of hydrogen-bond donors (Lipinski definition) is 0. The summed E-state index contributed by atoms with van der Waals surface area (Å²) in [4.78, 5) is 0. The van der Waals surface area contributed by atoms with Gasteiger partial charge in [0.2, 0.25) is 0 Å². The van der Waals surface area contributed by atoms with Crippen molar-refractivity contribution < 1.29 is 4.74 Å². The Bertz CT molecular complexity index is 94.4. The fourth-order valence-electron chi connectivity index (χ4n) is 0.621. The quantitative estimate of drug-likeness (QED) is 0.415. The summed E-state index contributed by atoms with van der Waals surface area (Å²) in [6.45, 7) is 4.98. The second kappa shape index (κ2) is 1.66. The summed E-state index contributed by atoms with van der Waals surface area (Å²) in [5, 5.41) is 0. The Kier molecular flexibility index (Phi) is 1.15. The molecular formula is C6H10O. The fraction of sp³-hybridized carbons (Fsp3) is 0.667. The number of hydrogen-bond acceptors (Lipinski definition) is 1. The minimum absolute atomic E-state index is 0.375. The first-order valence-corrected chi connectivity index (χ1v) is 2.59. The SMILES string of the molecule is CC1=CCOC1C. The van der Waals surface area contributed by atoms with Crippen LogP contribution in [0.5, 0.6) is 0 Å². The Morgan fingerprint density at radius 3 is 2.71 bits per heavy atom. The predicted octanol–water partition coefficient (Wildman–Crippen LogP) is 1.35. The molecule has 0 aromatic heterocycles. The molecule has 40 valence electrons. The van der Waals surface area contributed by atoms with Gasteiger partial charge in [0, 0.05) is 0 Å². The van der Waals surface area contributed by atoms with E-state index in [9.17, 15) is 0 Å². The Morgan fingerprint density at radius 1 is 1.86 bits per heavy atom. The monoisotopic (exact) mass is 98.1 g/mol. The first-order valence-electron chi connectivity index (χ1n) is 2.59. The van der Waals surface area contributed by atoms with E-state index in [4.69, 9.17) is 4.74 Å². The van der Waals surface area contributed by atoms with E-state index in [1.165, 1.54) is 5.57 Å². The summed E-state index contributed by atoms with van der Waals surface area (Å²) in [6, 6.07) is 0. The van der Waals surface area contributed by atoms with Crippen LogP contribution in [0.25, 0.3) is 0 Å². The van der Waals surface area contributed by atoms with Gasteiger partial charge in [0.15, 0.2) is 0 Å². The highest BCUT2D eigenvalue weighted by Crippen LogP contribution is 2.10. The topological polar surface area (TPSA) is 9.23 Å². The first kappa shape index (κ1) is 4.85. The van der Waals surface area contributed by atoms with Gasteiger partial charge < -0.3 is 4.74 Å². The Labute approximate surface area is 44.0 Å². The van der Waals surface area contributed by atoms with Crippen molar-refractivity contribution in [1.82, 2.24) is 0 Å². The van der Waals surface area contributed by atoms with Gasteiger partial charge in [-0.2, -0.15) is 0 Å². The van der Waals surface area contributed by atoms with Crippen molar-refractivity contribution in [1.29, 1.82) is 0 Å². The predicted molar refractivity (Wildman–Crippen MR) is 29.2 cm³/mol. The molecule has 1 nitrogen and oxygen atoms in total. The smallest absolute Gasteiger partial charge is 0.0759 e. The van der Waals surface area contributed by atoms with Gasteiger partial charge in [-0.05, 0) is 19.4 Å². The molecule has 0 aromatic carbocycles. The molecule has 0 radical (unpaired) electrons. The summed E-state index contributed by atoms with van der Waals surface area (Å²) >= 11 is 0. The highest BCUT2D eigenvalue weighted by Gasteiger charge is 2.07.